The minimum atomic E-state index is 0.00826. The number of nitrogens with zero attached hydrogens (tertiary/aromatic N) is 5. The van der Waals surface area contributed by atoms with E-state index in [-0.39, 0.29) is 11.8 Å². The lowest BCUT2D eigenvalue weighted by atomic mass is 9.91. The van der Waals surface area contributed by atoms with Crippen molar-refractivity contribution >= 4 is 5.91 Å². The largest absolute Gasteiger partial charge is 0.356 e. The van der Waals surface area contributed by atoms with Gasteiger partial charge in [0.2, 0.25) is 0 Å². The summed E-state index contributed by atoms with van der Waals surface area (Å²) in [6, 6.07) is 5.46. The standard InChI is InChI=1S/C19H19N5O2/c1-13-8-17(26-23-13)16-10-21-12-22-18(16)15-5-3-7-24(11-15)19(25)14-4-2-6-20-9-14/h2,4,6,8-10,12,15H,3,5,7,11H2,1H3/t15-/m1/s1. The van der Waals surface area contributed by atoms with Gasteiger partial charge in [-0.2, -0.15) is 0 Å². The molecular formula is C19H19N5O2. The number of hydrogen-bond donors (Lipinski definition) is 0. The van der Waals surface area contributed by atoms with E-state index in [0.29, 0.717) is 17.9 Å². The van der Waals surface area contributed by atoms with Crippen LogP contribution in [0.5, 0.6) is 0 Å². The molecule has 0 aromatic carbocycles. The highest BCUT2D eigenvalue weighted by atomic mass is 16.5. The second kappa shape index (κ2) is 7.03. The molecule has 1 fully saturated rings. The molecule has 4 heterocycles. The number of carbonyl (C=O) groups is 1. The molecule has 4 rings (SSSR count). The Balaban J connectivity index is 1.60. The third-order valence-corrected chi connectivity index (χ3v) is 4.64. The van der Waals surface area contributed by atoms with E-state index in [1.807, 2.05) is 17.9 Å². The lowest BCUT2D eigenvalue weighted by molar-refractivity contribution is 0.0705. The number of aromatic nitrogens is 4. The van der Waals surface area contributed by atoms with Gasteiger partial charge < -0.3 is 9.42 Å². The average Bonchev–Trinajstić information content (AvgIpc) is 3.14. The third-order valence-electron chi connectivity index (χ3n) is 4.64. The summed E-state index contributed by atoms with van der Waals surface area (Å²) in [6.07, 6.45) is 8.47. The van der Waals surface area contributed by atoms with Crippen molar-refractivity contribution in [1.82, 2.24) is 25.0 Å². The Kier molecular flexibility index (Phi) is 4.43. The van der Waals surface area contributed by atoms with Crippen LogP contribution in [0.25, 0.3) is 11.3 Å². The fourth-order valence-electron chi connectivity index (χ4n) is 3.40. The van der Waals surface area contributed by atoms with Crippen molar-refractivity contribution in [3.05, 3.63) is 60.1 Å². The van der Waals surface area contributed by atoms with Gasteiger partial charge >= 0.3 is 0 Å². The van der Waals surface area contributed by atoms with Crippen LogP contribution in [0.3, 0.4) is 0 Å². The van der Waals surface area contributed by atoms with Gasteiger partial charge in [0.1, 0.15) is 6.33 Å². The van der Waals surface area contributed by atoms with Crippen molar-refractivity contribution in [2.75, 3.05) is 13.1 Å². The lowest BCUT2D eigenvalue weighted by Gasteiger charge is -2.33. The van der Waals surface area contributed by atoms with Gasteiger partial charge in [0.15, 0.2) is 5.76 Å². The molecule has 132 valence electrons. The number of carbonyl (C=O) groups excluding carboxylic acids is 1. The van der Waals surface area contributed by atoms with Crippen molar-refractivity contribution in [3.63, 3.8) is 0 Å². The molecule has 0 aliphatic carbocycles. The number of rotatable bonds is 3. The maximum Gasteiger partial charge on any atom is 0.255 e. The maximum absolute atomic E-state index is 12.8. The molecule has 3 aromatic heterocycles. The van der Waals surface area contributed by atoms with Gasteiger partial charge in [-0.1, -0.05) is 5.16 Å². The summed E-state index contributed by atoms with van der Waals surface area (Å²) in [5, 5.41) is 3.96. The van der Waals surface area contributed by atoms with Gasteiger partial charge in [-0.15, -0.1) is 0 Å². The summed E-state index contributed by atoms with van der Waals surface area (Å²) in [5.41, 5.74) is 3.17. The van der Waals surface area contributed by atoms with E-state index in [1.54, 1.807) is 37.1 Å². The van der Waals surface area contributed by atoms with Gasteiger partial charge in [0, 0.05) is 43.7 Å². The van der Waals surface area contributed by atoms with Crippen LogP contribution < -0.4 is 0 Å². The zero-order valence-electron chi connectivity index (χ0n) is 14.5. The molecule has 1 aliphatic heterocycles. The van der Waals surface area contributed by atoms with Crippen LogP contribution in [0.1, 0.15) is 40.5 Å². The van der Waals surface area contributed by atoms with Crippen LogP contribution in [0, 0.1) is 6.92 Å². The van der Waals surface area contributed by atoms with E-state index in [9.17, 15) is 4.79 Å². The van der Waals surface area contributed by atoms with Crippen LogP contribution in [0.4, 0.5) is 0 Å². The van der Waals surface area contributed by atoms with Gasteiger partial charge in [0.25, 0.3) is 5.91 Å². The average molecular weight is 349 g/mol. The van der Waals surface area contributed by atoms with Crippen molar-refractivity contribution < 1.29 is 9.32 Å². The van der Waals surface area contributed by atoms with Crippen LogP contribution >= 0.6 is 0 Å². The van der Waals surface area contributed by atoms with Crippen molar-refractivity contribution in [3.8, 4) is 11.3 Å². The normalized spacial score (nSPS) is 17.3. The zero-order chi connectivity index (χ0) is 17.9. The highest BCUT2D eigenvalue weighted by Gasteiger charge is 2.28. The predicted octanol–water partition coefficient (Wildman–Crippen LogP) is 2.85. The van der Waals surface area contributed by atoms with Crippen molar-refractivity contribution in [1.29, 1.82) is 0 Å². The first-order valence-corrected chi connectivity index (χ1v) is 8.65. The summed E-state index contributed by atoms with van der Waals surface area (Å²) < 4.78 is 5.41. The van der Waals surface area contributed by atoms with Gasteiger partial charge in [-0.25, -0.2) is 9.97 Å². The molecule has 7 heteroatoms. The van der Waals surface area contributed by atoms with Crippen LogP contribution in [-0.4, -0.2) is 44.0 Å². The topological polar surface area (TPSA) is 85.0 Å². The fourth-order valence-corrected chi connectivity index (χ4v) is 3.40. The smallest absolute Gasteiger partial charge is 0.255 e. The Bertz CT molecular complexity index is 909. The first-order valence-electron chi connectivity index (χ1n) is 8.65. The summed E-state index contributed by atoms with van der Waals surface area (Å²) in [4.78, 5) is 27.3. The molecule has 0 spiro atoms. The zero-order valence-corrected chi connectivity index (χ0v) is 14.5. The Morgan fingerprint density at radius 1 is 1.31 bits per heavy atom. The number of amides is 1. The number of likely N-dealkylation sites (tertiary alicyclic amines) is 1. The highest BCUT2D eigenvalue weighted by molar-refractivity contribution is 5.94. The van der Waals surface area contributed by atoms with Gasteiger partial charge in [-0.3, -0.25) is 9.78 Å². The molecule has 0 bridgehead atoms. The molecule has 26 heavy (non-hydrogen) atoms. The van der Waals surface area contributed by atoms with Crippen LogP contribution in [0.15, 0.2) is 47.6 Å². The fraction of sp³-hybridized carbons (Fsp3) is 0.316. The molecule has 1 aliphatic rings. The summed E-state index contributed by atoms with van der Waals surface area (Å²) in [6.45, 7) is 3.24. The van der Waals surface area contributed by atoms with Crippen LogP contribution in [0.2, 0.25) is 0 Å². The minimum absolute atomic E-state index is 0.00826. The SMILES string of the molecule is Cc1cc(-c2cncnc2[C@@H]2CCCN(C(=O)c3cccnc3)C2)on1. The number of aryl methyl sites for hydroxylation is 1. The molecule has 3 aromatic rings. The minimum Gasteiger partial charge on any atom is -0.356 e. The number of hydrogen-bond acceptors (Lipinski definition) is 6. The molecule has 7 nitrogen and oxygen atoms in total. The summed E-state index contributed by atoms with van der Waals surface area (Å²) in [5.74, 6) is 0.801. The van der Waals surface area contributed by atoms with Gasteiger partial charge in [0.05, 0.1) is 22.5 Å². The highest BCUT2D eigenvalue weighted by Crippen LogP contribution is 2.33. The van der Waals surface area contributed by atoms with Gasteiger partial charge in [-0.05, 0) is 31.9 Å². The Labute approximate surface area is 151 Å². The Hall–Kier alpha value is -3.09. The second-order valence-corrected chi connectivity index (χ2v) is 6.49. The third kappa shape index (κ3) is 3.20. The molecule has 0 N–H and O–H groups in total. The Morgan fingerprint density at radius 3 is 3.00 bits per heavy atom. The van der Waals surface area contributed by atoms with Crippen LogP contribution in [-0.2, 0) is 0 Å². The van der Waals surface area contributed by atoms with E-state index in [2.05, 4.69) is 20.1 Å². The predicted molar refractivity (Wildman–Crippen MR) is 94.4 cm³/mol. The molecule has 1 amide bonds. The molecule has 0 unspecified atom stereocenters. The number of pyridine rings is 1. The molecule has 0 saturated carbocycles. The first kappa shape index (κ1) is 16.4. The molecule has 0 radical (unpaired) electrons. The summed E-state index contributed by atoms with van der Waals surface area (Å²) in [7, 11) is 0. The quantitative estimate of drug-likeness (QED) is 0.723. The van der Waals surface area contributed by atoms with E-state index in [0.717, 1.165) is 36.3 Å². The maximum atomic E-state index is 12.8. The second-order valence-electron chi connectivity index (χ2n) is 6.49. The van der Waals surface area contributed by atoms with E-state index in [4.69, 9.17) is 4.52 Å². The van der Waals surface area contributed by atoms with Crippen molar-refractivity contribution in [2.45, 2.75) is 25.7 Å². The lowest BCUT2D eigenvalue weighted by Crippen LogP contribution is -2.39. The van der Waals surface area contributed by atoms with E-state index < -0.39 is 0 Å². The molecular weight excluding hydrogens is 330 g/mol. The van der Waals surface area contributed by atoms with Crippen molar-refractivity contribution in [2.24, 2.45) is 0 Å². The monoisotopic (exact) mass is 349 g/mol. The van der Waals surface area contributed by atoms with E-state index in [1.165, 1.54) is 0 Å². The molecule has 1 saturated heterocycles. The Morgan fingerprint density at radius 2 is 2.23 bits per heavy atom. The molecule has 1 atom stereocenters. The summed E-state index contributed by atoms with van der Waals surface area (Å²) >= 11 is 0. The van der Waals surface area contributed by atoms with E-state index >= 15 is 0 Å². The first-order chi connectivity index (χ1) is 12.7. The number of piperidine rings is 1.